The molecule has 0 aromatic heterocycles. The van der Waals surface area contributed by atoms with Gasteiger partial charge in [-0.15, -0.1) is 0 Å². The van der Waals surface area contributed by atoms with Crippen molar-refractivity contribution in [2.75, 3.05) is 0 Å². The van der Waals surface area contributed by atoms with Gasteiger partial charge in [-0.05, 0) is 43.9 Å². The molecule has 3 atom stereocenters. The summed E-state index contributed by atoms with van der Waals surface area (Å²) >= 11 is 0. The second-order valence-electron chi connectivity index (χ2n) is 4.00. The molecule has 0 heterocycles. The van der Waals surface area contributed by atoms with Crippen LogP contribution in [0.3, 0.4) is 0 Å². The minimum absolute atomic E-state index is 0.503. The highest BCUT2D eigenvalue weighted by Crippen LogP contribution is 2.36. The average molecular weight is 151 g/mol. The minimum atomic E-state index is 0.503. The molecule has 2 N–H and O–H groups in total. The smallest absolute Gasteiger partial charge is 0.00418 e. The van der Waals surface area contributed by atoms with Crippen molar-refractivity contribution in [1.29, 1.82) is 0 Å². The zero-order valence-corrected chi connectivity index (χ0v) is 7.00. The van der Waals surface area contributed by atoms with Gasteiger partial charge in [0, 0.05) is 6.04 Å². The van der Waals surface area contributed by atoms with Crippen LogP contribution in [0.5, 0.6) is 0 Å². The standard InChI is InChI=1S/C10H17N/c11-10-6-5-8-3-1-2-4-9(8)7-10/h1,3,8-10H,2,4-7,11H2/t8?,9?,10-/m0/s1. The number of fused-ring (bicyclic) bond motifs is 1. The Kier molecular flexibility index (Phi) is 1.99. The Morgan fingerprint density at radius 3 is 3.00 bits per heavy atom. The van der Waals surface area contributed by atoms with Crippen molar-refractivity contribution in [3.8, 4) is 0 Å². The van der Waals surface area contributed by atoms with Gasteiger partial charge in [-0.3, -0.25) is 0 Å². The highest BCUT2D eigenvalue weighted by molar-refractivity contribution is 5.00. The normalized spacial score (nSPS) is 43.5. The van der Waals surface area contributed by atoms with E-state index in [0.29, 0.717) is 6.04 Å². The van der Waals surface area contributed by atoms with E-state index in [1.165, 1.54) is 32.1 Å². The molecule has 1 saturated carbocycles. The van der Waals surface area contributed by atoms with Crippen LogP contribution in [0.2, 0.25) is 0 Å². The molecule has 0 aromatic carbocycles. The van der Waals surface area contributed by atoms with Gasteiger partial charge in [0.1, 0.15) is 0 Å². The van der Waals surface area contributed by atoms with Crippen LogP contribution in [0.15, 0.2) is 12.2 Å². The Morgan fingerprint density at radius 2 is 2.09 bits per heavy atom. The van der Waals surface area contributed by atoms with Gasteiger partial charge < -0.3 is 5.73 Å². The Bertz CT molecular complexity index is 162. The highest BCUT2D eigenvalue weighted by Gasteiger charge is 2.27. The van der Waals surface area contributed by atoms with Crippen LogP contribution < -0.4 is 5.73 Å². The van der Waals surface area contributed by atoms with E-state index in [1.807, 2.05) is 0 Å². The van der Waals surface area contributed by atoms with E-state index in [0.717, 1.165) is 11.8 Å². The molecule has 2 rings (SSSR count). The topological polar surface area (TPSA) is 26.0 Å². The van der Waals surface area contributed by atoms with Gasteiger partial charge in [-0.25, -0.2) is 0 Å². The molecule has 62 valence electrons. The largest absolute Gasteiger partial charge is 0.328 e. The number of hydrogen-bond acceptors (Lipinski definition) is 1. The molecule has 2 aliphatic rings. The number of allylic oxidation sites excluding steroid dienone is 2. The van der Waals surface area contributed by atoms with E-state index in [2.05, 4.69) is 12.2 Å². The Hall–Kier alpha value is -0.300. The molecule has 0 bridgehead atoms. The molecular formula is C10H17N. The summed E-state index contributed by atoms with van der Waals surface area (Å²) < 4.78 is 0. The summed E-state index contributed by atoms with van der Waals surface area (Å²) in [7, 11) is 0. The van der Waals surface area contributed by atoms with Crippen molar-refractivity contribution in [3.63, 3.8) is 0 Å². The summed E-state index contributed by atoms with van der Waals surface area (Å²) in [6, 6.07) is 0.503. The molecule has 2 unspecified atom stereocenters. The number of rotatable bonds is 0. The third-order valence-electron chi connectivity index (χ3n) is 3.17. The van der Waals surface area contributed by atoms with E-state index >= 15 is 0 Å². The van der Waals surface area contributed by atoms with Crippen LogP contribution in [0.1, 0.15) is 32.1 Å². The lowest BCUT2D eigenvalue weighted by atomic mass is 9.73. The monoisotopic (exact) mass is 151 g/mol. The fourth-order valence-electron chi connectivity index (χ4n) is 2.49. The fraction of sp³-hybridized carbons (Fsp3) is 0.800. The van der Waals surface area contributed by atoms with Gasteiger partial charge in [-0.2, -0.15) is 0 Å². The van der Waals surface area contributed by atoms with E-state index in [9.17, 15) is 0 Å². The predicted molar refractivity (Wildman–Crippen MR) is 47.2 cm³/mol. The van der Waals surface area contributed by atoms with Crippen molar-refractivity contribution in [1.82, 2.24) is 0 Å². The molecular weight excluding hydrogens is 134 g/mol. The molecule has 11 heavy (non-hydrogen) atoms. The summed E-state index contributed by atoms with van der Waals surface area (Å²) in [5.74, 6) is 1.80. The zero-order valence-electron chi connectivity index (χ0n) is 7.00. The van der Waals surface area contributed by atoms with Crippen LogP contribution in [-0.4, -0.2) is 6.04 Å². The van der Waals surface area contributed by atoms with Gasteiger partial charge >= 0.3 is 0 Å². The Labute approximate surface area is 68.7 Å². The second-order valence-corrected chi connectivity index (χ2v) is 4.00. The first-order valence-electron chi connectivity index (χ1n) is 4.78. The van der Waals surface area contributed by atoms with E-state index in [-0.39, 0.29) is 0 Å². The first-order chi connectivity index (χ1) is 5.36. The van der Waals surface area contributed by atoms with Crippen LogP contribution >= 0.6 is 0 Å². The van der Waals surface area contributed by atoms with Gasteiger partial charge in [-0.1, -0.05) is 12.2 Å². The lowest BCUT2D eigenvalue weighted by Gasteiger charge is -2.35. The zero-order chi connectivity index (χ0) is 7.68. The van der Waals surface area contributed by atoms with Gasteiger partial charge in [0.25, 0.3) is 0 Å². The molecule has 0 radical (unpaired) electrons. The SMILES string of the molecule is N[C@H]1CCC2C=CCCC2C1. The summed E-state index contributed by atoms with van der Waals surface area (Å²) in [5.41, 5.74) is 5.92. The molecule has 1 nitrogen and oxygen atoms in total. The molecule has 0 aliphatic heterocycles. The molecule has 0 spiro atoms. The van der Waals surface area contributed by atoms with Crippen molar-refractivity contribution in [2.45, 2.75) is 38.1 Å². The Balaban J connectivity index is 2.02. The summed E-state index contributed by atoms with van der Waals surface area (Å²) in [5, 5.41) is 0. The summed E-state index contributed by atoms with van der Waals surface area (Å²) in [4.78, 5) is 0. The van der Waals surface area contributed by atoms with Gasteiger partial charge in [0.2, 0.25) is 0 Å². The molecule has 1 fully saturated rings. The summed E-state index contributed by atoms with van der Waals surface area (Å²) in [6.45, 7) is 0. The number of nitrogens with two attached hydrogens (primary N) is 1. The fourth-order valence-corrected chi connectivity index (χ4v) is 2.49. The van der Waals surface area contributed by atoms with Crippen LogP contribution in [0.25, 0.3) is 0 Å². The predicted octanol–water partition coefficient (Wildman–Crippen LogP) is 2.08. The second kappa shape index (κ2) is 2.98. The third-order valence-corrected chi connectivity index (χ3v) is 3.17. The van der Waals surface area contributed by atoms with Gasteiger partial charge in [0.15, 0.2) is 0 Å². The quantitative estimate of drug-likeness (QED) is 0.527. The maximum atomic E-state index is 5.92. The van der Waals surface area contributed by atoms with E-state index < -0.39 is 0 Å². The highest BCUT2D eigenvalue weighted by atomic mass is 14.6. The maximum absolute atomic E-state index is 5.92. The lowest BCUT2D eigenvalue weighted by molar-refractivity contribution is 0.236. The van der Waals surface area contributed by atoms with Crippen molar-refractivity contribution >= 4 is 0 Å². The van der Waals surface area contributed by atoms with Gasteiger partial charge in [0.05, 0.1) is 0 Å². The third kappa shape index (κ3) is 1.48. The van der Waals surface area contributed by atoms with Crippen LogP contribution in [0, 0.1) is 11.8 Å². The lowest BCUT2D eigenvalue weighted by Crippen LogP contribution is -2.33. The maximum Gasteiger partial charge on any atom is 0.00418 e. The molecule has 0 aromatic rings. The summed E-state index contributed by atoms with van der Waals surface area (Å²) in [6.07, 6.45) is 11.3. The van der Waals surface area contributed by atoms with E-state index in [4.69, 9.17) is 5.73 Å². The number of hydrogen-bond donors (Lipinski definition) is 1. The van der Waals surface area contributed by atoms with Crippen molar-refractivity contribution in [2.24, 2.45) is 17.6 Å². The first kappa shape index (κ1) is 7.35. The molecule has 0 amide bonds. The minimum Gasteiger partial charge on any atom is -0.328 e. The average Bonchev–Trinajstić information content (AvgIpc) is 2.04. The molecule has 0 saturated heterocycles. The van der Waals surface area contributed by atoms with Crippen molar-refractivity contribution in [3.05, 3.63) is 12.2 Å². The molecule has 1 heteroatoms. The van der Waals surface area contributed by atoms with E-state index in [1.54, 1.807) is 0 Å². The van der Waals surface area contributed by atoms with Crippen molar-refractivity contribution < 1.29 is 0 Å². The van der Waals surface area contributed by atoms with Crippen LogP contribution in [-0.2, 0) is 0 Å². The van der Waals surface area contributed by atoms with Crippen LogP contribution in [0.4, 0.5) is 0 Å². The Morgan fingerprint density at radius 1 is 1.18 bits per heavy atom. The first-order valence-corrected chi connectivity index (χ1v) is 4.78. The molecule has 2 aliphatic carbocycles.